The van der Waals surface area contributed by atoms with Crippen molar-refractivity contribution in [3.05, 3.63) is 67.2 Å². The maximum atomic E-state index is 12.8. The Hall–Kier alpha value is -2.20. The molecule has 0 saturated carbocycles. The lowest BCUT2D eigenvalue weighted by Gasteiger charge is -2.29. The Bertz CT molecular complexity index is 1360. The Balaban J connectivity index is 1.75. The van der Waals surface area contributed by atoms with Crippen molar-refractivity contribution in [1.82, 2.24) is 14.8 Å². The minimum atomic E-state index is -0.479. The number of allylic oxidation sites excluding steroid dienone is 2. The number of benzene rings is 2. The van der Waals surface area contributed by atoms with Crippen LogP contribution in [0.1, 0.15) is 51.3 Å². The van der Waals surface area contributed by atoms with Crippen molar-refractivity contribution < 1.29 is 14.3 Å². The van der Waals surface area contributed by atoms with Crippen molar-refractivity contribution >= 4 is 62.6 Å². The second-order valence-electron chi connectivity index (χ2n) is 8.42. The van der Waals surface area contributed by atoms with Crippen LogP contribution in [0.4, 0.5) is 5.95 Å². The quantitative estimate of drug-likeness (QED) is 0.231. The van der Waals surface area contributed by atoms with Crippen LogP contribution in [0.5, 0.6) is 11.5 Å². The molecule has 0 bridgehead atoms. The molecule has 1 aromatic heterocycles. The summed E-state index contributed by atoms with van der Waals surface area (Å²) in [5, 5.41) is 9.73. The lowest BCUT2D eigenvalue weighted by molar-refractivity contribution is -0.114. The third kappa shape index (κ3) is 6.11. The monoisotopic (exact) mass is 624 g/mol. The van der Waals surface area contributed by atoms with Gasteiger partial charge >= 0.3 is 0 Å². The van der Waals surface area contributed by atoms with E-state index in [1.54, 1.807) is 35.5 Å². The average Bonchev–Trinajstić information content (AvgIpc) is 3.24. The van der Waals surface area contributed by atoms with Crippen LogP contribution in [0, 0.1) is 0 Å². The molecule has 11 heteroatoms. The Morgan fingerprint density at radius 2 is 2.00 bits per heavy atom. The van der Waals surface area contributed by atoms with Crippen LogP contribution in [0.3, 0.4) is 0 Å². The van der Waals surface area contributed by atoms with Gasteiger partial charge in [0, 0.05) is 32.6 Å². The fourth-order valence-corrected chi connectivity index (χ4v) is 5.81. The number of ketones is 1. The molecule has 0 fully saturated rings. The molecule has 0 saturated heterocycles. The zero-order valence-corrected chi connectivity index (χ0v) is 24.8. The fraction of sp³-hybridized carbons (Fsp3) is 0.346. The summed E-state index contributed by atoms with van der Waals surface area (Å²) >= 11 is 17.6. The van der Waals surface area contributed by atoms with Gasteiger partial charge in [-0.25, -0.2) is 4.68 Å². The number of halogens is 3. The minimum absolute atomic E-state index is 0.0503. The first kappa shape index (κ1) is 27.8. The molecule has 1 atom stereocenters. The number of carbonyl (C=O) groups excluding carboxylic acids is 1. The minimum Gasteiger partial charge on any atom is -0.490 e. The second kappa shape index (κ2) is 12.1. The number of anilines is 1. The van der Waals surface area contributed by atoms with Gasteiger partial charge in [0.25, 0.3) is 0 Å². The van der Waals surface area contributed by atoms with Gasteiger partial charge < -0.3 is 14.8 Å². The summed E-state index contributed by atoms with van der Waals surface area (Å²) in [5.41, 5.74) is 2.97. The number of rotatable bonds is 10. The normalized spacial score (nSPS) is 14.8. The summed E-state index contributed by atoms with van der Waals surface area (Å²) in [6, 6.07) is 8.62. The number of hydrogen-bond donors (Lipinski definition) is 1. The number of thioether (sulfide) groups is 1. The van der Waals surface area contributed by atoms with E-state index < -0.39 is 6.04 Å². The number of nitrogens with zero attached hydrogens (tertiary/aromatic N) is 3. The zero-order chi connectivity index (χ0) is 26.7. The van der Waals surface area contributed by atoms with Gasteiger partial charge in [-0.2, -0.15) is 4.98 Å². The molecule has 0 spiro atoms. The maximum Gasteiger partial charge on any atom is 0.227 e. The largest absolute Gasteiger partial charge is 0.490 e. The number of fused-ring (bicyclic) bond motifs is 1. The number of Topliss-reactive ketones (excluding diaryl/α,β-unsaturated/α-hetero) is 1. The van der Waals surface area contributed by atoms with Gasteiger partial charge in [0.15, 0.2) is 17.3 Å². The van der Waals surface area contributed by atoms with E-state index >= 15 is 0 Å². The van der Waals surface area contributed by atoms with Crippen LogP contribution in [0.25, 0.3) is 0 Å². The van der Waals surface area contributed by atoms with Crippen molar-refractivity contribution in [2.75, 3.05) is 17.7 Å². The van der Waals surface area contributed by atoms with Crippen molar-refractivity contribution in [3.63, 3.8) is 0 Å². The Kier molecular flexibility index (Phi) is 9.11. The highest BCUT2D eigenvalue weighted by molar-refractivity contribution is 9.10. The highest BCUT2D eigenvalue weighted by atomic mass is 79.9. The molecule has 7 nitrogen and oxygen atoms in total. The van der Waals surface area contributed by atoms with Crippen molar-refractivity contribution in [2.45, 2.75) is 51.9 Å². The van der Waals surface area contributed by atoms with Crippen LogP contribution in [-0.4, -0.2) is 32.9 Å². The maximum absolute atomic E-state index is 12.8. The van der Waals surface area contributed by atoms with E-state index in [4.69, 9.17) is 37.8 Å². The molecule has 2 heterocycles. The smallest absolute Gasteiger partial charge is 0.227 e. The van der Waals surface area contributed by atoms with Crippen molar-refractivity contribution in [1.29, 1.82) is 0 Å². The van der Waals surface area contributed by atoms with E-state index in [0.29, 0.717) is 49.3 Å². The van der Waals surface area contributed by atoms with E-state index in [1.165, 1.54) is 0 Å². The molecule has 0 aliphatic carbocycles. The molecule has 3 aromatic rings. The van der Waals surface area contributed by atoms with Gasteiger partial charge in [0.05, 0.1) is 11.1 Å². The summed E-state index contributed by atoms with van der Waals surface area (Å²) in [6.07, 6.45) is 1.01. The topological polar surface area (TPSA) is 78.3 Å². The van der Waals surface area contributed by atoms with Crippen LogP contribution in [-0.2, 0) is 11.4 Å². The Morgan fingerprint density at radius 1 is 1.22 bits per heavy atom. The van der Waals surface area contributed by atoms with Crippen LogP contribution >= 0.6 is 50.9 Å². The molecular formula is C26H27BrCl2N4O3S. The SMILES string of the molecule is CCCSc1nc2n(n1)C(c1cc(Br)c(OCc3ccc(Cl)cc3Cl)c(OCC)c1)C(C(C)=O)=C(C)N2. The van der Waals surface area contributed by atoms with Crippen LogP contribution < -0.4 is 14.8 Å². The first-order chi connectivity index (χ1) is 17.7. The molecule has 1 aliphatic heterocycles. The van der Waals surface area contributed by atoms with Gasteiger partial charge in [-0.15, -0.1) is 5.10 Å². The van der Waals surface area contributed by atoms with E-state index in [0.717, 1.165) is 29.0 Å². The first-order valence-corrected chi connectivity index (χ1v) is 14.4. The third-order valence-corrected chi connectivity index (χ3v) is 7.90. The third-order valence-electron chi connectivity index (χ3n) is 5.68. The molecule has 37 heavy (non-hydrogen) atoms. The van der Waals surface area contributed by atoms with Crippen molar-refractivity contribution in [3.8, 4) is 11.5 Å². The number of nitrogens with one attached hydrogen (secondary N) is 1. The van der Waals surface area contributed by atoms with Gasteiger partial charge in [-0.1, -0.05) is 48.0 Å². The molecule has 1 unspecified atom stereocenters. The van der Waals surface area contributed by atoms with Crippen molar-refractivity contribution in [2.24, 2.45) is 0 Å². The Labute approximate surface area is 239 Å². The molecule has 196 valence electrons. The molecule has 1 N–H and O–H groups in total. The van der Waals surface area contributed by atoms with Gasteiger partial charge in [0.1, 0.15) is 12.6 Å². The molecule has 1 aliphatic rings. The van der Waals surface area contributed by atoms with Gasteiger partial charge in [-0.05, 0) is 73.0 Å². The Morgan fingerprint density at radius 3 is 2.68 bits per heavy atom. The fourth-order valence-electron chi connectivity index (χ4n) is 4.09. The highest BCUT2D eigenvalue weighted by Gasteiger charge is 2.34. The van der Waals surface area contributed by atoms with E-state index in [9.17, 15) is 4.79 Å². The summed E-state index contributed by atoms with van der Waals surface area (Å²) in [5.74, 6) is 2.53. The van der Waals surface area contributed by atoms with Gasteiger partial charge in [0.2, 0.25) is 11.1 Å². The molecular weight excluding hydrogens is 599 g/mol. The summed E-state index contributed by atoms with van der Waals surface area (Å²) in [4.78, 5) is 17.5. The lowest BCUT2D eigenvalue weighted by atomic mass is 9.93. The molecule has 0 amide bonds. The number of aromatic nitrogens is 3. The zero-order valence-electron chi connectivity index (χ0n) is 20.9. The molecule has 0 radical (unpaired) electrons. The van der Waals surface area contributed by atoms with Crippen LogP contribution in [0.15, 0.2) is 51.2 Å². The average molecular weight is 626 g/mol. The predicted octanol–water partition coefficient (Wildman–Crippen LogP) is 7.71. The standard InChI is InChI=1S/C26H27BrCl2N4O3S/c1-5-9-37-26-31-25-30-14(3)22(15(4)34)23(33(25)32-26)17-10-19(27)24(21(11-17)35-6-2)36-13-16-7-8-18(28)12-20(16)29/h7-8,10-12,23H,5-6,9,13H2,1-4H3,(H,30,31,32). The lowest BCUT2D eigenvalue weighted by Crippen LogP contribution is -2.28. The second-order valence-corrected chi connectivity index (χ2v) is 11.2. The molecule has 2 aromatic carbocycles. The predicted molar refractivity (Wildman–Crippen MR) is 152 cm³/mol. The number of hydrogen-bond acceptors (Lipinski definition) is 7. The molecule has 4 rings (SSSR count). The summed E-state index contributed by atoms with van der Waals surface area (Å²) in [7, 11) is 0. The van der Waals surface area contributed by atoms with Crippen LogP contribution in [0.2, 0.25) is 10.0 Å². The summed E-state index contributed by atoms with van der Waals surface area (Å²) in [6.45, 7) is 8.12. The highest BCUT2D eigenvalue weighted by Crippen LogP contribution is 2.43. The van der Waals surface area contributed by atoms with E-state index in [1.807, 2.05) is 32.0 Å². The van der Waals surface area contributed by atoms with Gasteiger partial charge in [-0.3, -0.25) is 4.79 Å². The number of carbonyl (C=O) groups is 1. The van der Waals surface area contributed by atoms with E-state index in [2.05, 4.69) is 33.2 Å². The summed E-state index contributed by atoms with van der Waals surface area (Å²) < 4.78 is 14.6. The van der Waals surface area contributed by atoms with E-state index in [-0.39, 0.29) is 12.4 Å². The number of ether oxygens (including phenoxy) is 2. The first-order valence-electron chi connectivity index (χ1n) is 11.8.